The topological polar surface area (TPSA) is 44.8 Å². The van der Waals surface area contributed by atoms with Crippen LogP contribution in [0.4, 0.5) is 4.79 Å². The Morgan fingerprint density at radius 2 is 2.00 bits per heavy atom. The van der Waals surface area contributed by atoms with Crippen molar-refractivity contribution in [3.05, 3.63) is 0 Å². The number of nitrogens with zero attached hydrogens (tertiary/aromatic N) is 2. The minimum Gasteiger partial charge on any atom is -0.444 e. The summed E-state index contributed by atoms with van der Waals surface area (Å²) in [6.07, 6.45) is 0.919. The van der Waals surface area contributed by atoms with E-state index in [0.29, 0.717) is 6.04 Å². The second kappa shape index (κ2) is 4.38. The predicted molar refractivity (Wildman–Crippen MR) is 70.6 cm³/mol. The number of carbonyl (C=O) groups excluding carboxylic acids is 1. The van der Waals surface area contributed by atoms with Gasteiger partial charge in [-0.2, -0.15) is 0 Å². The monoisotopic (exact) mass is 255 g/mol. The van der Waals surface area contributed by atoms with Crippen LogP contribution in [0.1, 0.15) is 27.2 Å². The van der Waals surface area contributed by atoms with Gasteiger partial charge in [-0.25, -0.2) is 4.79 Å². The maximum Gasteiger partial charge on any atom is 0.410 e. The summed E-state index contributed by atoms with van der Waals surface area (Å²) in [4.78, 5) is 15.9. The molecule has 18 heavy (non-hydrogen) atoms. The van der Waals surface area contributed by atoms with Crippen molar-refractivity contribution < 1.29 is 9.53 Å². The summed E-state index contributed by atoms with van der Waals surface area (Å²) in [6.45, 7) is 8.25. The van der Waals surface area contributed by atoms with Crippen LogP contribution in [-0.4, -0.2) is 66.8 Å². The van der Waals surface area contributed by atoms with Crippen LogP contribution in [-0.2, 0) is 4.74 Å². The fraction of sp³-hybridized carbons (Fsp3) is 0.923. The number of hydrogen-bond acceptors (Lipinski definition) is 4. The lowest BCUT2D eigenvalue weighted by molar-refractivity contribution is -0.0131. The van der Waals surface area contributed by atoms with Crippen LogP contribution in [0.15, 0.2) is 0 Å². The molecule has 0 saturated carbocycles. The van der Waals surface area contributed by atoms with Gasteiger partial charge in [-0.1, -0.05) is 0 Å². The number of carbonyl (C=O) groups is 1. The number of ether oxygens (including phenoxy) is 1. The van der Waals surface area contributed by atoms with Gasteiger partial charge in [-0.15, -0.1) is 0 Å². The smallest absolute Gasteiger partial charge is 0.410 e. The zero-order valence-corrected chi connectivity index (χ0v) is 12.1. The van der Waals surface area contributed by atoms with E-state index >= 15 is 0 Å². The molecule has 1 atom stereocenters. The number of likely N-dealkylation sites (N-methyl/N-ethyl adjacent to an activating group) is 1. The first-order valence-corrected chi connectivity index (χ1v) is 6.60. The summed E-state index contributed by atoms with van der Waals surface area (Å²) in [7, 11) is 4.21. The number of rotatable bonds is 1. The van der Waals surface area contributed by atoms with Gasteiger partial charge in [0.1, 0.15) is 5.60 Å². The van der Waals surface area contributed by atoms with Crippen LogP contribution in [0.2, 0.25) is 0 Å². The Bertz CT molecular complexity index is 330. The van der Waals surface area contributed by atoms with Gasteiger partial charge in [0, 0.05) is 25.7 Å². The SMILES string of the molecule is CN(C)C1CNC2(C1)CN(C(=O)OC(C)(C)C)C2. The molecule has 0 bridgehead atoms. The largest absolute Gasteiger partial charge is 0.444 e. The van der Waals surface area contributed by atoms with Crippen LogP contribution in [0.25, 0.3) is 0 Å². The molecule has 2 rings (SSSR count). The maximum atomic E-state index is 11.9. The summed E-state index contributed by atoms with van der Waals surface area (Å²) < 4.78 is 5.37. The lowest BCUT2D eigenvalue weighted by Gasteiger charge is -2.48. The Morgan fingerprint density at radius 1 is 1.39 bits per heavy atom. The Hall–Kier alpha value is -0.810. The minimum atomic E-state index is -0.408. The van der Waals surface area contributed by atoms with Crippen molar-refractivity contribution in [3.8, 4) is 0 Å². The number of nitrogens with one attached hydrogen (secondary N) is 1. The Labute approximate surface area is 109 Å². The molecule has 1 unspecified atom stereocenters. The molecular weight excluding hydrogens is 230 g/mol. The highest BCUT2D eigenvalue weighted by Gasteiger charge is 2.50. The van der Waals surface area contributed by atoms with Crippen molar-refractivity contribution in [1.29, 1.82) is 0 Å². The van der Waals surface area contributed by atoms with Crippen LogP contribution in [0, 0.1) is 0 Å². The van der Waals surface area contributed by atoms with E-state index in [4.69, 9.17) is 4.74 Å². The molecule has 0 aromatic rings. The summed E-state index contributed by atoms with van der Waals surface area (Å²) >= 11 is 0. The molecular formula is C13H25N3O2. The molecule has 5 nitrogen and oxygen atoms in total. The predicted octanol–water partition coefficient (Wildman–Crippen LogP) is 0.899. The van der Waals surface area contributed by atoms with E-state index in [1.54, 1.807) is 4.90 Å². The summed E-state index contributed by atoms with van der Waals surface area (Å²) in [5.74, 6) is 0. The Morgan fingerprint density at radius 3 is 2.44 bits per heavy atom. The van der Waals surface area contributed by atoms with Crippen molar-refractivity contribution in [2.45, 2.75) is 44.4 Å². The normalized spacial score (nSPS) is 26.6. The molecule has 5 heteroatoms. The molecule has 0 aliphatic carbocycles. The third-order valence-corrected chi connectivity index (χ3v) is 3.71. The van der Waals surface area contributed by atoms with Crippen molar-refractivity contribution in [2.24, 2.45) is 0 Å². The first-order valence-electron chi connectivity index (χ1n) is 6.60. The van der Waals surface area contributed by atoms with Crippen LogP contribution < -0.4 is 5.32 Å². The molecule has 2 fully saturated rings. The van der Waals surface area contributed by atoms with Crippen molar-refractivity contribution in [3.63, 3.8) is 0 Å². The van der Waals surface area contributed by atoms with Crippen LogP contribution >= 0.6 is 0 Å². The average Bonchev–Trinajstić information content (AvgIpc) is 2.56. The average molecular weight is 255 g/mol. The van der Waals surface area contributed by atoms with E-state index in [1.165, 1.54) is 0 Å². The fourth-order valence-corrected chi connectivity index (χ4v) is 2.68. The number of hydrogen-bond donors (Lipinski definition) is 1. The lowest BCUT2D eigenvalue weighted by Crippen LogP contribution is -2.68. The molecule has 0 aromatic carbocycles. The van der Waals surface area contributed by atoms with Crippen LogP contribution in [0.3, 0.4) is 0 Å². The number of amides is 1. The molecule has 0 aromatic heterocycles. The third-order valence-electron chi connectivity index (χ3n) is 3.71. The van der Waals surface area contributed by atoms with E-state index in [-0.39, 0.29) is 11.6 Å². The number of likely N-dealkylation sites (tertiary alicyclic amines) is 1. The van der Waals surface area contributed by atoms with E-state index in [9.17, 15) is 4.79 Å². The quantitative estimate of drug-likeness (QED) is 0.756. The van der Waals surface area contributed by atoms with Gasteiger partial charge in [0.2, 0.25) is 0 Å². The molecule has 2 heterocycles. The standard InChI is InChI=1S/C13H25N3O2/c1-12(2,3)18-11(17)16-8-13(9-16)6-10(7-14-13)15(4)5/h10,14H,6-9H2,1-5H3. The van der Waals surface area contributed by atoms with E-state index < -0.39 is 5.60 Å². The highest BCUT2D eigenvalue weighted by atomic mass is 16.6. The maximum absolute atomic E-state index is 11.9. The Balaban J connectivity index is 1.82. The van der Waals surface area contributed by atoms with Crippen molar-refractivity contribution in [2.75, 3.05) is 33.7 Å². The van der Waals surface area contributed by atoms with Gasteiger partial charge in [0.05, 0.1) is 5.54 Å². The zero-order valence-electron chi connectivity index (χ0n) is 12.1. The second-order valence-electron chi connectivity index (χ2n) is 6.82. The minimum absolute atomic E-state index is 0.131. The van der Waals surface area contributed by atoms with Gasteiger partial charge in [-0.05, 0) is 41.3 Å². The van der Waals surface area contributed by atoms with Gasteiger partial charge < -0.3 is 19.9 Å². The third kappa shape index (κ3) is 2.78. The van der Waals surface area contributed by atoms with Gasteiger partial charge in [-0.3, -0.25) is 0 Å². The highest BCUT2D eigenvalue weighted by molar-refractivity contribution is 5.70. The van der Waals surface area contributed by atoms with Gasteiger partial charge in [0.15, 0.2) is 0 Å². The van der Waals surface area contributed by atoms with Crippen LogP contribution in [0.5, 0.6) is 0 Å². The molecule has 1 N–H and O–H groups in total. The highest BCUT2D eigenvalue weighted by Crippen LogP contribution is 2.32. The summed E-state index contributed by atoms with van der Waals surface area (Å²) in [5, 5.41) is 3.56. The first-order chi connectivity index (χ1) is 8.21. The van der Waals surface area contributed by atoms with E-state index in [1.807, 2.05) is 20.8 Å². The van der Waals surface area contributed by atoms with Gasteiger partial charge in [0.25, 0.3) is 0 Å². The molecule has 1 spiro atoms. The van der Waals surface area contributed by atoms with Gasteiger partial charge >= 0.3 is 6.09 Å². The van der Waals surface area contributed by atoms with E-state index in [0.717, 1.165) is 26.1 Å². The Kier molecular flexibility index (Phi) is 3.32. The molecule has 1 amide bonds. The van der Waals surface area contributed by atoms with Crippen molar-refractivity contribution >= 4 is 6.09 Å². The second-order valence-corrected chi connectivity index (χ2v) is 6.82. The molecule has 2 aliphatic rings. The van der Waals surface area contributed by atoms with Crippen molar-refractivity contribution in [1.82, 2.24) is 15.1 Å². The molecule has 2 saturated heterocycles. The first kappa shape index (κ1) is 13.6. The molecule has 2 aliphatic heterocycles. The summed E-state index contributed by atoms with van der Waals surface area (Å²) in [6, 6.07) is 0.575. The molecule has 0 radical (unpaired) electrons. The summed E-state index contributed by atoms with van der Waals surface area (Å²) in [5.41, 5.74) is -0.277. The molecule has 104 valence electrons. The fourth-order valence-electron chi connectivity index (χ4n) is 2.68. The zero-order chi connectivity index (χ0) is 13.6. The van der Waals surface area contributed by atoms with E-state index in [2.05, 4.69) is 24.3 Å². The lowest BCUT2D eigenvalue weighted by atomic mass is 9.87.